The van der Waals surface area contributed by atoms with Gasteiger partial charge in [0.15, 0.2) is 0 Å². The zero-order valence-corrected chi connectivity index (χ0v) is 8.45. The predicted molar refractivity (Wildman–Crippen MR) is 54.0 cm³/mol. The van der Waals surface area contributed by atoms with Crippen LogP contribution in [0.15, 0.2) is 12.3 Å². The summed E-state index contributed by atoms with van der Waals surface area (Å²) in [5.41, 5.74) is 1.65. The Hall–Kier alpha value is -0.460. The molecule has 70 valence electrons. The molecule has 1 aliphatic rings. The Kier molecular flexibility index (Phi) is 3.19. The summed E-state index contributed by atoms with van der Waals surface area (Å²) >= 11 is 0. The smallest absolute Gasteiger partial charge is 0.0144 e. The van der Waals surface area contributed by atoms with Crippen molar-refractivity contribution < 1.29 is 0 Å². The Morgan fingerprint density at radius 1 is 1.58 bits per heavy atom. The predicted octanol–water partition coefficient (Wildman–Crippen LogP) is 3.08. The number of hydrogen-bond acceptors (Lipinski definition) is 1. The largest absolute Gasteiger partial charge is 0.388 e. The van der Waals surface area contributed by atoms with Crippen LogP contribution in [0.5, 0.6) is 0 Å². The summed E-state index contributed by atoms with van der Waals surface area (Å²) in [4.78, 5) is 0. The SMILES string of the molecule is C=C1NCCCC1(C)CCCC. The highest BCUT2D eigenvalue weighted by Crippen LogP contribution is 2.37. The van der Waals surface area contributed by atoms with E-state index in [1.165, 1.54) is 37.8 Å². The second kappa shape index (κ2) is 3.97. The molecule has 1 rings (SSSR count). The molecule has 1 atom stereocenters. The second-order valence-corrected chi connectivity index (χ2v) is 4.17. The fraction of sp³-hybridized carbons (Fsp3) is 0.818. The Bertz CT molecular complexity index is 162. The Morgan fingerprint density at radius 3 is 2.92 bits per heavy atom. The number of nitrogens with one attached hydrogen (secondary N) is 1. The molecule has 1 N–H and O–H groups in total. The summed E-state index contributed by atoms with van der Waals surface area (Å²) in [5.74, 6) is 0. The third-order valence-electron chi connectivity index (χ3n) is 3.05. The molecule has 0 spiro atoms. The van der Waals surface area contributed by atoms with Crippen molar-refractivity contribution in [1.82, 2.24) is 5.32 Å². The van der Waals surface area contributed by atoms with Crippen LogP contribution in [0.4, 0.5) is 0 Å². The summed E-state index contributed by atoms with van der Waals surface area (Å²) in [6, 6.07) is 0. The van der Waals surface area contributed by atoms with E-state index in [0.717, 1.165) is 6.54 Å². The molecule has 0 radical (unpaired) electrons. The van der Waals surface area contributed by atoms with Crippen molar-refractivity contribution in [3.8, 4) is 0 Å². The van der Waals surface area contributed by atoms with Crippen molar-refractivity contribution in [3.05, 3.63) is 12.3 Å². The molecule has 1 heteroatoms. The molecule has 0 aliphatic carbocycles. The van der Waals surface area contributed by atoms with Crippen LogP contribution in [0.25, 0.3) is 0 Å². The molecule has 0 saturated carbocycles. The first kappa shape index (κ1) is 9.63. The van der Waals surface area contributed by atoms with Crippen molar-refractivity contribution in [3.63, 3.8) is 0 Å². The lowest BCUT2D eigenvalue weighted by Crippen LogP contribution is -2.34. The van der Waals surface area contributed by atoms with Gasteiger partial charge in [-0.3, -0.25) is 0 Å². The van der Waals surface area contributed by atoms with Crippen molar-refractivity contribution in [2.45, 2.75) is 46.0 Å². The van der Waals surface area contributed by atoms with Gasteiger partial charge in [0, 0.05) is 17.7 Å². The Balaban J connectivity index is 2.48. The van der Waals surface area contributed by atoms with Crippen LogP contribution in [-0.2, 0) is 0 Å². The second-order valence-electron chi connectivity index (χ2n) is 4.17. The first-order chi connectivity index (χ1) is 5.69. The monoisotopic (exact) mass is 167 g/mol. The highest BCUT2D eigenvalue weighted by molar-refractivity contribution is 5.09. The van der Waals surface area contributed by atoms with Gasteiger partial charge in [0.25, 0.3) is 0 Å². The van der Waals surface area contributed by atoms with Gasteiger partial charge in [0.2, 0.25) is 0 Å². The van der Waals surface area contributed by atoms with E-state index >= 15 is 0 Å². The molecule has 0 aromatic carbocycles. The van der Waals surface area contributed by atoms with Gasteiger partial charge in [-0.05, 0) is 19.3 Å². The van der Waals surface area contributed by atoms with Crippen LogP contribution < -0.4 is 5.32 Å². The number of piperidine rings is 1. The maximum Gasteiger partial charge on any atom is 0.0144 e. The van der Waals surface area contributed by atoms with E-state index in [-0.39, 0.29) is 0 Å². The van der Waals surface area contributed by atoms with Gasteiger partial charge < -0.3 is 5.32 Å². The summed E-state index contributed by atoms with van der Waals surface area (Å²) < 4.78 is 0. The van der Waals surface area contributed by atoms with Crippen LogP contribution in [-0.4, -0.2) is 6.54 Å². The highest BCUT2D eigenvalue weighted by atomic mass is 14.9. The number of unbranched alkanes of at least 4 members (excludes halogenated alkanes) is 1. The number of rotatable bonds is 3. The quantitative estimate of drug-likeness (QED) is 0.681. The van der Waals surface area contributed by atoms with Crippen LogP contribution in [0.1, 0.15) is 46.0 Å². The molecule has 1 aliphatic heterocycles. The molecule has 0 amide bonds. The summed E-state index contributed by atoms with van der Waals surface area (Å²) in [7, 11) is 0. The molecular formula is C11H21N. The third kappa shape index (κ3) is 2.02. The highest BCUT2D eigenvalue weighted by Gasteiger charge is 2.29. The van der Waals surface area contributed by atoms with Crippen molar-refractivity contribution in [1.29, 1.82) is 0 Å². The average Bonchev–Trinajstić information content (AvgIpc) is 2.07. The van der Waals surface area contributed by atoms with Crippen LogP contribution >= 0.6 is 0 Å². The normalized spacial score (nSPS) is 30.0. The summed E-state index contributed by atoms with van der Waals surface area (Å²) in [5, 5.41) is 3.39. The van der Waals surface area contributed by atoms with E-state index in [1.807, 2.05) is 0 Å². The van der Waals surface area contributed by atoms with Crippen LogP contribution in [0.3, 0.4) is 0 Å². The van der Waals surface area contributed by atoms with E-state index in [0.29, 0.717) is 5.41 Å². The molecule has 0 bridgehead atoms. The van der Waals surface area contributed by atoms with E-state index < -0.39 is 0 Å². The molecule has 1 nitrogen and oxygen atoms in total. The van der Waals surface area contributed by atoms with E-state index in [4.69, 9.17) is 0 Å². The van der Waals surface area contributed by atoms with Gasteiger partial charge in [-0.25, -0.2) is 0 Å². The lowest BCUT2D eigenvalue weighted by atomic mass is 9.76. The standard InChI is InChI=1S/C11H21N/c1-4-5-7-11(3)8-6-9-12-10(11)2/h12H,2,4-9H2,1,3H3. The third-order valence-corrected chi connectivity index (χ3v) is 3.05. The molecule has 1 unspecified atom stereocenters. The molecule has 12 heavy (non-hydrogen) atoms. The van der Waals surface area contributed by atoms with Gasteiger partial charge in [0.05, 0.1) is 0 Å². The zero-order chi connectivity index (χ0) is 9.03. The Labute approximate surface area is 76.2 Å². The number of hydrogen-bond donors (Lipinski definition) is 1. The lowest BCUT2D eigenvalue weighted by Gasteiger charge is -2.36. The van der Waals surface area contributed by atoms with Gasteiger partial charge in [-0.15, -0.1) is 0 Å². The molecule has 1 saturated heterocycles. The fourth-order valence-electron chi connectivity index (χ4n) is 1.92. The van der Waals surface area contributed by atoms with Gasteiger partial charge in [-0.1, -0.05) is 33.3 Å². The van der Waals surface area contributed by atoms with Crippen LogP contribution in [0, 0.1) is 5.41 Å². The topological polar surface area (TPSA) is 12.0 Å². The van der Waals surface area contributed by atoms with Crippen molar-refractivity contribution in [2.75, 3.05) is 6.54 Å². The molecule has 0 aromatic rings. The average molecular weight is 167 g/mol. The van der Waals surface area contributed by atoms with Crippen LogP contribution in [0.2, 0.25) is 0 Å². The Morgan fingerprint density at radius 2 is 2.33 bits per heavy atom. The minimum atomic E-state index is 0.383. The summed E-state index contributed by atoms with van der Waals surface area (Å²) in [6.45, 7) is 9.83. The van der Waals surface area contributed by atoms with Gasteiger partial charge in [0.1, 0.15) is 0 Å². The molecule has 1 fully saturated rings. The first-order valence-electron chi connectivity index (χ1n) is 5.12. The number of allylic oxidation sites excluding steroid dienone is 1. The maximum absolute atomic E-state index is 4.11. The van der Waals surface area contributed by atoms with Gasteiger partial charge in [-0.2, -0.15) is 0 Å². The first-order valence-corrected chi connectivity index (χ1v) is 5.12. The molecule has 1 heterocycles. The minimum Gasteiger partial charge on any atom is -0.388 e. The molecular weight excluding hydrogens is 146 g/mol. The van der Waals surface area contributed by atoms with E-state index in [2.05, 4.69) is 25.7 Å². The lowest BCUT2D eigenvalue weighted by molar-refractivity contribution is 0.269. The van der Waals surface area contributed by atoms with E-state index in [1.54, 1.807) is 0 Å². The zero-order valence-electron chi connectivity index (χ0n) is 8.45. The maximum atomic E-state index is 4.11. The van der Waals surface area contributed by atoms with Crippen molar-refractivity contribution >= 4 is 0 Å². The molecule has 0 aromatic heterocycles. The van der Waals surface area contributed by atoms with Gasteiger partial charge >= 0.3 is 0 Å². The summed E-state index contributed by atoms with van der Waals surface area (Å²) in [6.07, 6.45) is 6.55. The van der Waals surface area contributed by atoms with Crippen molar-refractivity contribution in [2.24, 2.45) is 5.41 Å². The fourth-order valence-corrected chi connectivity index (χ4v) is 1.92. The van der Waals surface area contributed by atoms with E-state index in [9.17, 15) is 0 Å². The minimum absolute atomic E-state index is 0.383.